The van der Waals surface area contributed by atoms with Crippen LogP contribution in [0.3, 0.4) is 0 Å². The van der Waals surface area contributed by atoms with Gasteiger partial charge in [-0.05, 0) is 52.7 Å². The molecule has 1 atom stereocenters. The Hall–Kier alpha value is -1.77. The molecule has 1 aliphatic rings. The van der Waals surface area contributed by atoms with Crippen LogP contribution in [-0.2, 0) is 0 Å². The summed E-state index contributed by atoms with van der Waals surface area (Å²) in [6.07, 6.45) is 2.17. The number of benzene rings is 2. The summed E-state index contributed by atoms with van der Waals surface area (Å²) in [6.45, 7) is 13.9. The summed E-state index contributed by atoms with van der Waals surface area (Å²) in [5.74, 6) is 0. The Kier molecular flexibility index (Phi) is 4.47. The van der Waals surface area contributed by atoms with E-state index in [2.05, 4.69) is 84.0 Å². The minimum atomic E-state index is 0.698. The second kappa shape index (κ2) is 6.19. The van der Waals surface area contributed by atoms with Gasteiger partial charge in [-0.2, -0.15) is 0 Å². The molecule has 0 radical (unpaired) electrons. The van der Waals surface area contributed by atoms with Crippen LogP contribution in [0.5, 0.6) is 0 Å². The third-order valence-electron chi connectivity index (χ3n) is 5.14. The van der Waals surface area contributed by atoms with Crippen LogP contribution < -0.4 is 9.38 Å². The molecular formula is C22H28ClN2+. The van der Waals surface area contributed by atoms with Gasteiger partial charge in [0, 0.05) is 11.1 Å². The molecule has 0 bridgehead atoms. The third kappa shape index (κ3) is 3.09. The Morgan fingerprint density at radius 3 is 1.72 bits per heavy atom. The highest BCUT2D eigenvalue weighted by atomic mass is 35.5. The summed E-state index contributed by atoms with van der Waals surface area (Å²) in [5.41, 5.74) is 10.4. The van der Waals surface area contributed by atoms with Crippen LogP contribution in [0, 0.1) is 41.5 Å². The number of aryl methyl sites for hydroxylation is 6. The van der Waals surface area contributed by atoms with Crippen molar-refractivity contribution >= 4 is 23.0 Å². The fourth-order valence-electron chi connectivity index (χ4n) is 4.60. The summed E-state index contributed by atoms with van der Waals surface area (Å²) in [7, 11) is 2.24. The number of anilines is 1. The maximum Gasteiger partial charge on any atom is 0.168 e. The summed E-state index contributed by atoms with van der Waals surface area (Å²) in [4.78, 5) is 2.25. The van der Waals surface area contributed by atoms with Crippen LogP contribution in [0.25, 0.3) is 0 Å². The number of rotatable bonds is 2. The highest BCUT2D eigenvalue weighted by molar-refractivity contribution is 6.31. The van der Waals surface area contributed by atoms with Gasteiger partial charge in [0.25, 0.3) is 0 Å². The van der Waals surface area contributed by atoms with Gasteiger partial charge in [-0.3, -0.25) is 4.90 Å². The largest absolute Gasteiger partial charge is 0.278 e. The van der Waals surface area contributed by atoms with Gasteiger partial charge in [0.15, 0.2) is 11.8 Å². The number of halogens is 1. The van der Waals surface area contributed by atoms with Crippen molar-refractivity contribution in [1.82, 2.24) is 4.48 Å². The minimum Gasteiger partial charge on any atom is -0.278 e. The summed E-state index contributed by atoms with van der Waals surface area (Å²) in [6, 6.07) is 8.99. The molecule has 0 saturated heterocycles. The number of nitrogens with zero attached hydrogens (tertiary/aromatic N) is 2. The fraction of sp³-hybridized carbons (Fsp3) is 0.364. The SMILES string of the molecule is Cc1cc(C)c(N2C[N+](C)(c3c(C)cc(C)cc3C)C=C2Cl)c(C)c1. The lowest BCUT2D eigenvalue weighted by Crippen LogP contribution is -2.43. The molecule has 1 heterocycles. The average Bonchev–Trinajstić information content (AvgIpc) is 2.72. The first-order chi connectivity index (χ1) is 11.6. The van der Waals surface area contributed by atoms with E-state index in [-0.39, 0.29) is 0 Å². The van der Waals surface area contributed by atoms with Gasteiger partial charge in [0.2, 0.25) is 0 Å². The van der Waals surface area contributed by atoms with Crippen LogP contribution in [0.1, 0.15) is 33.4 Å². The summed E-state index contributed by atoms with van der Waals surface area (Å²) in [5, 5.41) is 0.803. The second-order valence-electron chi connectivity index (χ2n) is 7.78. The molecule has 0 spiro atoms. The standard InChI is InChI=1S/C22H28ClN2/c1-14-8-16(3)21(17(4)9-14)24-13-25(7,12-20(24)23)22-18(5)10-15(2)11-19(22)6/h8-12H,13H2,1-7H3/q+1. The fourth-order valence-corrected chi connectivity index (χ4v) is 4.95. The van der Waals surface area contributed by atoms with Crippen molar-refractivity contribution in [3.63, 3.8) is 0 Å². The Labute approximate surface area is 156 Å². The molecule has 132 valence electrons. The van der Waals surface area contributed by atoms with Gasteiger partial charge in [0.1, 0.15) is 11.9 Å². The average molecular weight is 356 g/mol. The Balaban J connectivity index is 2.08. The minimum absolute atomic E-state index is 0.698. The molecule has 0 aliphatic carbocycles. The molecule has 0 N–H and O–H groups in total. The highest BCUT2D eigenvalue weighted by Gasteiger charge is 2.38. The van der Waals surface area contributed by atoms with Gasteiger partial charge in [-0.25, -0.2) is 4.48 Å². The summed E-state index contributed by atoms with van der Waals surface area (Å²) < 4.78 is 0.698. The molecular weight excluding hydrogens is 328 g/mol. The van der Waals surface area contributed by atoms with E-state index in [9.17, 15) is 0 Å². The molecule has 3 heteroatoms. The lowest BCUT2D eigenvalue weighted by atomic mass is 10.0. The molecule has 2 aromatic carbocycles. The molecule has 0 aromatic heterocycles. The van der Waals surface area contributed by atoms with Crippen molar-refractivity contribution in [2.24, 2.45) is 0 Å². The van der Waals surface area contributed by atoms with E-state index < -0.39 is 0 Å². The van der Waals surface area contributed by atoms with E-state index in [1.165, 1.54) is 44.8 Å². The van der Waals surface area contributed by atoms with E-state index in [4.69, 9.17) is 11.6 Å². The first-order valence-corrected chi connectivity index (χ1v) is 9.17. The zero-order chi connectivity index (χ0) is 18.5. The first-order valence-electron chi connectivity index (χ1n) is 8.80. The smallest absolute Gasteiger partial charge is 0.168 e. The van der Waals surface area contributed by atoms with Crippen molar-refractivity contribution < 1.29 is 0 Å². The number of hydrogen-bond donors (Lipinski definition) is 0. The van der Waals surface area contributed by atoms with E-state index in [1.807, 2.05) is 0 Å². The van der Waals surface area contributed by atoms with Crippen LogP contribution in [0.15, 0.2) is 35.6 Å². The maximum absolute atomic E-state index is 6.74. The monoisotopic (exact) mass is 355 g/mol. The van der Waals surface area contributed by atoms with Crippen LogP contribution in [0.4, 0.5) is 11.4 Å². The molecule has 0 saturated carbocycles. The molecule has 25 heavy (non-hydrogen) atoms. The van der Waals surface area contributed by atoms with Gasteiger partial charge in [-0.1, -0.05) is 47.0 Å². The van der Waals surface area contributed by atoms with Gasteiger partial charge in [0.05, 0.1) is 12.7 Å². The van der Waals surface area contributed by atoms with Gasteiger partial charge < -0.3 is 0 Å². The first kappa shape index (κ1) is 18.0. The summed E-state index contributed by atoms with van der Waals surface area (Å²) >= 11 is 6.74. The third-order valence-corrected chi connectivity index (χ3v) is 5.44. The maximum atomic E-state index is 6.74. The zero-order valence-corrected chi connectivity index (χ0v) is 17.1. The van der Waals surface area contributed by atoms with Crippen LogP contribution >= 0.6 is 11.6 Å². The van der Waals surface area contributed by atoms with Gasteiger partial charge in [-0.15, -0.1) is 0 Å². The number of quaternary nitrogens is 1. The lowest BCUT2D eigenvalue weighted by Gasteiger charge is -2.32. The Morgan fingerprint density at radius 1 is 0.800 bits per heavy atom. The molecule has 1 unspecified atom stereocenters. The van der Waals surface area contributed by atoms with Crippen molar-refractivity contribution in [2.45, 2.75) is 41.5 Å². The quantitative estimate of drug-likeness (QED) is 0.472. The van der Waals surface area contributed by atoms with Crippen molar-refractivity contribution in [3.8, 4) is 0 Å². The second-order valence-corrected chi connectivity index (χ2v) is 8.17. The van der Waals surface area contributed by atoms with Crippen molar-refractivity contribution in [1.29, 1.82) is 0 Å². The van der Waals surface area contributed by atoms with Gasteiger partial charge >= 0.3 is 0 Å². The predicted molar refractivity (Wildman–Crippen MR) is 110 cm³/mol. The van der Waals surface area contributed by atoms with Crippen molar-refractivity contribution in [2.75, 3.05) is 18.6 Å². The molecule has 2 nitrogen and oxygen atoms in total. The van der Waals surface area contributed by atoms with E-state index in [0.29, 0.717) is 4.48 Å². The molecule has 2 aromatic rings. The van der Waals surface area contributed by atoms with E-state index in [0.717, 1.165) is 11.8 Å². The van der Waals surface area contributed by atoms with E-state index in [1.54, 1.807) is 0 Å². The predicted octanol–water partition coefficient (Wildman–Crippen LogP) is 5.99. The van der Waals surface area contributed by atoms with Crippen LogP contribution in [0.2, 0.25) is 0 Å². The topological polar surface area (TPSA) is 3.24 Å². The molecule has 1 aliphatic heterocycles. The molecule has 0 fully saturated rings. The Bertz CT molecular complexity index is 836. The normalized spacial score (nSPS) is 20.2. The zero-order valence-electron chi connectivity index (χ0n) is 16.4. The lowest BCUT2D eigenvalue weighted by molar-refractivity contribution is 0.473. The van der Waals surface area contributed by atoms with Crippen LogP contribution in [-0.4, -0.2) is 13.7 Å². The molecule has 0 amide bonds. The van der Waals surface area contributed by atoms with Crippen molar-refractivity contribution in [3.05, 3.63) is 69.0 Å². The van der Waals surface area contributed by atoms with E-state index >= 15 is 0 Å². The molecule has 3 rings (SSSR count). The highest BCUT2D eigenvalue weighted by Crippen LogP contribution is 2.40. The number of hydrogen-bond acceptors (Lipinski definition) is 1. The Morgan fingerprint density at radius 2 is 1.24 bits per heavy atom.